The van der Waals surface area contributed by atoms with Crippen molar-refractivity contribution in [1.82, 2.24) is 10.5 Å². The molecule has 2 heterocycles. The minimum atomic E-state index is -0.787. The zero-order valence-corrected chi connectivity index (χ0v) is 14.7. The van der Waals surface area contributed by atoms with E-state index in [0.717, 1.165) is 0 Å². The van der Waals surface area contributed by atoms with E-state index in [9.17, 15) is 14.4 Å². The Hall–Kier alpha value is -3.56. The van der Waals surface area contributed by atoms with E-state index >= 15 is 0 Å². The van der Waals surface area contributed by atoms with Crippen LogP contribution in [0.4, 0.5) is 10.5 Å². The summed E-state index contributed by atoms with van der Waals surface area (Å²) in [5, 5.41) is 8.18. The van der Waals surface area contributed by atoms with E-state index in [1.165, 1.54) is 0 Å². The summed E-state index contributed by atoms with van der Waals surface area (Å²) in [6, 6.07) is 4.06. The number of hydrogen-bond acceptors (Lipinski definition) is 8. The summed E-state index contributed by atoms with van der Waals surface area (Å²) in [5.74, 6) is -0.179. The summed E-state index contributed by atoms with van der Waals surface area (Å²) in [4.78, 5) is 35.6. The highest BCUT2D eigenvalue weighted by Crippen LogP contribution is 2.32. The molecule has 3 amide bonds. The molecule has 0 atom stereocenters. The Bertz CT molecular complexity index is 871. The SMILES string of the molecule is Cc1noc(C)c1C(=O)OCC(=O)NC(=O)Nc1ccc2c(c1)OCCO2. The number of urea groups is 1. The number of hydrogen-bond donors (Lipinski definition) is 2. The first kappa shape index (κ1) is 18.2. The molecule has 1 aliphatic heterocycles. The molecule has 0 fully saturated rings. The molecule has 10 nitrogen and oxygen atoms in total. The van der Waals surface area contributed by atoms with Gasteiger partial charge in [-0.25, -0.2) is 9.59 Å². The van der Waals surface area contributed by atoms with Crippen LogP contribution in [0.2, 0.25) is 0 Å². The van der Waals surface area contributed by atoms with Crippen LogP contribution in [-0.2, 0) is 9.53 Å². The fourth-order valence-corrected chi connectivity index (χ4v) is 2.42. The summed E-state index contributed by atoms with van der Waals surface area (Å²) in [6.07, 6.45) is 0. The Labute approximate surface area is 153 Å². The number of rotatable bonds is 4. The highest BCUT2D eigenvalue weighted by atomic mass is 16.6. The first-order valence-corrected chi connectivity index (χ1v) is 8.04. The molecule has 0 aliphatic carbocycles. The number of benzene rings is 1. The van der Waals surface area contributed by atoms with Crippen LogP contribution < -0.4 is 20.1 Å². The lowest BCUT2D eigenvalue weighted by Crippen LogP contribution is -2.37. The van der Waals surface area contributed by atoms with E-state index in [0.29, 0.717) is 36.1 Å². The number of aryl methyl sites for hydroxylation is 2. The van der Waals surface area contributed by atoms with E-state index < -0.39 is 24.5 Å². The summed E-state index contributed by atoms with van der Waals surface area (Å²) in [7, 11) is 0. The normalized spacial score (nSPS) is 12.2. The van der Waals surface area contributed by atoms with Crippen LogP contribution in [0.15, 0.2) is 22.7 Å². The minimum Gasteiger partial charge on any atom is -0.486 e. The summed E-state index contributed by atoms with van der Waals surface area (Å²) >= 11 is 0. The maximum absolute atomic E-state index is 11.9. The van der Waals surface area contributed by atoms with Crippen molar-refractivity contribution in [1.29, 1.82) is 0 Å². The molecule has 0 spiro atoms. The van der Waals surface area contributed by atoms with Gasteiger partial charge in [-0.1, -0.05) is 5.16 Å². The lowest BCUT2D eigenvalue weighted by atomic mass is 10.2. The fraction of sp³-hybridized carbons (Fsp3) is 0.294. The summed E-state index contributed by atoms with van der Waals surface area (Å²) in [6.45, 7) is 3.38. The van der Waals surface area contributed by atoms with Gasteiger partial charge in [-0.05, 0) is 26.0 Å². The Balaban J connectivity index is 1.49. The topological polar surface area (TPSA) is 129 Å². The average molecular weight is 375 g/mol. The van der Waals surface area contributed by atoms with Gasteiger partial charge in [-0.3, -0.25) is 10.1 Å². The van der Waals surface area contributed by atoms with Crippen LogP contribution in [0, 0.1) is 13.8 Å². The van der Waals surface area contributed by atoms with Crippen molar-refractivity contribution in [2.75, 3.05) is 25.1 Å². The first-order chi connectivity index (χ1) is 12.9. The Morgan fingerprint density at radius 1 is 1.15 bits per heavy atom. The van der Waals surface area contributed by atoms with Gasteiger partial charge in [0, 0.05) is 11.8 Å². The van der Waals surface area contributed by atoms with Crippen LogP contribution in [0.1, 0.15) is 21.8 Å². The summed E-state index contributed by atoms with van der Waals surface area (Å²) in [5.41, 5.74) is 0.926. The molecule has 0 saturated carbocycles. The molecule has 27 heavy (non-hydrogen) atoms. The zero-order chi connectivity index (χ0) is 19.4. The molecular formula is C17H17N3O7. The predicted molar refractivity (Wildman–Crippen MR) is 90.9 cm³/mol. The number of nitrogens with one attached hydrogen (secondary N) is 2. The lowest BCUT2D eigenvalue weighted by Gasteiger charge is -2.19. The average Bonchev–Trinajstić information content (AvgIpc) is 2.98. The maximum atomic E-state index is 11.9. The molecule has 0 bridgehead atoms. The van der Waals surface area contributed by atoms with Gasteiger partial charge < -0.3 is 24.1 Å². The number of aromatic nitrogens is 1. The quantitative estimate of drug-likeness (QED) is 0.771. The van der Waals surface area contributed by atoms with E-state index in [2.05, 4.69) is 15.8 Å². The van der Waals surface area contributed by atoms with Crippen LogP contribution in [0.5, 0.6) is 11.5 Å². The second-order valence-corrected chi connectivity index (χ2v) is 5.64. The van der Waals surface area contributed by atoms with Gasteiger partial charge in [0.2, 0.25) is 0 Å². The number of carbonyl (C=O) groups excluding carboxylic acids is 3. The van der Waals surface area contributed by atoms with Crippen molar-refractivity contribution in [2.45, 2.75) is 13.8 Å². The smallest absolute Gasteiger partial charge is 0.344 e. The number of ether oxygens (including phenoxy) is 3. The zero-order valence-electron chi connectivity index (χ0n) is 14.7. The fourth-order valence-electron chi connectivity index (χ4n) is 2.42. The van der Waals surface area contributed by atoms with Crippen molar-refractivity contribution in [3.05, 3.63) is 35.2 Å². The van der Waals surface area contributed by atoms with Crippen molar-refractivity contribution < 1.29 is 33.1 Å². The number of amides is 3. The van der Waals surface area contributed by atoms with Gasteiger partial charge >= 0.3 is 12.0 Å². The largest absolute Gasteiger partial charge is 0.486 e. The molecule has 1 aliphatic rings. The number of anilines is 1. The number of carbonyl (C=O) groups is 3. The third kappa shape index (κ3) is 4.35. The van der Waals surface area contributed by atoms with E-state index in [1.54, 1.807) is 32.0 Å². The molecule has 2 aromatic rings. The standard InChI is InChI=1S/C17H17N3O7/c1-9-15(10(2)27-20-9)16(22)26-8-14(21)19-17(23)18-11-3-4-12-13(7-11)25-6-5-24-12/h3-4,7H,5-6,8H2,1-2H3,(H2,18,19,21,23). The minimum absolute atomic E-state index is 0.156. The van der Waals surface area contributed by atoms with Crippen molar-refractivity contribution >= 4 is 23.6 Å². The Kier molecular flexibility index (Phi) is 5.25. The van der Waals surface area contributed by atoms with Crippen LogP contribution >= 0.6 is 0 Å². The second-order valence-electron chi connectivity index (χ2n) is 5.64. The van der Waals surface area contributed by atoms with E-state index in [1.807, 2.05) is 0 Å². The molecule has 1 aromatic heterocycles. The third-order valence-corrected chi connectivity index (χ3v) is 3.62. The van der Waals surface area contributed by atoms with Crippen molar-refractivity contribution in [3.8, 4) is 11.5 Å². The van der Waals surface area contributed by atoms with Crippen molar-refractivity contribution in [3.63, 3.8) is 0 Å². The van der Waals surface area contributed by atoms with Gasteiger partial charge in [0.1, 0.15) is 24.5 Å². The van der Waals surface area contributed by atoms with E-state index in [-0.39, 0.29) is 11.3 Å². The number of imide groups is 1. The van der Waals surface area contributed by atoms with Gasteiger partial charge in [0.15, 0.2) is 18.1 Å². The molecule has 0 saturated heterocycles. The monoisotopic (exact) mass is 375 g/mol. The Morgan fingerprint density at radius 2 is 1.89 bits per heavy atom. The molecule has 10 heteroatoms. The Morgan fingerprint density at radius 3 is 2.59 bits per heavy atom. The number of fused-ring (bicyclic) bond motifs is 1. The molecule has 2 N–H and O–H groups in total. The molecule has 3 rings (SSSR count). The first-order valence-electron chi connectivity index (χ1n) is 8.04. The molecular weight excluding hydrogens is 358 g/mol. The second kappa shape index (κ2) is 7.77. The predicted octanol–water partition coefficient (Wildman–Crippen LogP) is 1.57. The van der Waals surface area contributed by atoms with Crippen LogP contribution in [-0.4, -0.2) is 42.9 Å². The molecule has 142 valence electrons. The highest BCUT2D eigenvalue weighted by Gasteiger charge is 2.20. The third-order valence-electron chi connectivity index (χ3n) is 3.62. The van der Waals surface area contributed by atoms with Gasteiger partial charge in [0.05, 0.1) is 5.69 Å². The van der Waals surface area contributed by atoms with Crippen molar-refractivity contribution in [2.24, 2.45) is 0 Å². The van der Waals surface area contributed by atoms with Gasteiger partial charge in [-0.2, -0.15) is 0 Å². The maximum Gasteiger partial charge on any atom is 0.344 e. The van der Waals surface area contributed by atoms with E-state index in [4.69, 9.17) is 18.7 Å². The number of nitrogens with zero attached hydrogens (tertiary/aromatic N) is 1. The van der Waals surface area contributed by atoms with Gasteiger partial charge in [-0.15, -0.1) is 0 Å². The molecule has 1 aromatic carbocycles. The lowest BCUT2D eigenvalue weighted by molar-refractivity contribution is -0.123. The highest BCUT2D eigenvalue weighted by molar-refractivity contribution is 6.02. The van der Waals surface area contributed by atoms with Crippen LogP contribution in [0.3, 0.4) is 0 Å². The molecule has 0 radical (unpaired) electrons. The summed E-state index contributed by atoms with van der Waals surface area (Å²) < 4.78 is 20.5. The molecule has 0 unspecified atom stereocenters. The van der Waals surface area contributed by atoms with Gasteiger partial charge in [0.25, 0.3) is 5.91 Å². The number of esters is 1. The van der Waals surface area contributed by atoms with Crippen LogP contribution in [0.25, 0.3) is 0 Å².